The highest BCUT2D eigenvalue weighted by molar-refractivity contribution is 5.89. The van der Waals surface area contributed by atoms with E-state index in [1.165, 1.54) is 0 Å². The van der Waals surface area contributed by atoms with Crippen LogP contribution < -0.4 is 5.56 Å². The summed E-state index contributed by atoms with van der Waals surface area (Å²) in [5, 5.41) is 0. The molecule has 0 aliphatic heterocycles. The van der Waals surface area contributed by atoms with Gasteiger partial charge in [-0.3, -0.25) is 4.79 Å². The summed E-state index contributed by atoms with van der Waals surface area (Å²) in [6.45, 7) is 10.8. The minimum atomic E-state index is -0.338. The fourth-order valence-electron chi connectivity index (χ4n) is 3.72. The minimum absolute atomic E-state index is 0.245. The maximum atomic E-state index is 12.6. The minimum Gasteiger partial charge on any atom is -0.461 e. The molecule has 0 saturated carbocycles. The van der Waals surface area contributed by atoms with E-state index >= 15 is 0 Å². The first kappa shape index (κ1) is 22.4. The molecule has 1 heterocycles. The summed E-state index contributed by atoms with van der Waals surface area (Å²) in [5.74, 6) is 0.256. The Labute approximate surface area is 183 Å². The molecule has 6 heteroatoms. The molecule has 0 N–H and O–H groups in total. The van der Waals surface area contributed by atoms with Gasteiger partial charge in [-0.05, 0) is 56.8 Å². The van der Waals surface area contributed by atoms with Crippen molar-refractivity contribution in [3.8, 4) is 16.8 Å². The van der Waals surface area contributed by atoms with Gasteiger partial charge in [-0.15, -0.1) is 0 Å². The summed E-state index contributed by atoms with van der Waals surface area (Å²) >= 11 is 0. The van der Waals surface area contributed by atoms with Gasteiger partial charge in [0.25, 0.3) is 5.56 Å². The maximum Gasteiger partial charge on any atom is 0.338 e. The van der Waals surface area contributed by atoms with Crippen molar-refractivity contribution in [3.05, 3.63) is 82.0 Å². The Morgan fingerprint density at radius 1 is 1.00 bits per heavy atom. The Hall–Kier alpha value is -3.25. The van der Waals surface area contributed by atoms with Crippen LogP contribution in [0.5, 0.6) is 0 Å². The molecule has 2 aromatic carbocycles. The average molecular weight is 420 g/mol. The van der Waals surface area contributed by atoms with Gasteiger partial charge in [0.15, 0.2) is 0 Å². The largest absolute Gasteiger partial charge is 0.461 e. The lowest BCUT2D eigenvalue weighted by atomic mass is 10.1. The number of aromatic nitrogens is 2. The van der Waals surface area contributed by atoms with Crippen LogP contribution in [0, 0.1) is 13.8 Å². The normalized spacial score (nSPS) is 11.0. The van der Waals surface area contributed by atoms with E-state index < -0.39 is 0 Å². The predicted molar refractivity (Wildman–Crippen MR) is 123 cm³/mol. The number of benzene rings is 2. The standard InChI is InChI=1S/C25H29N3O3/c1-5-27(6-2)16-17-31-25(30)21-12-14-22(15-13-21)28-18(3)23(24(29)26-19(28)4)20-10-8-7-9-11-20/h7-15H,5-6,16-17H2,1-4H3. The van der Waals surface area contributed by atoms with Crippen molar-refractivity contribution < 1.29 is 9.53 Å². The van der Waals surface area contributed by atoms with Crippen molar-refractivity contribution >= 4 is 5.97 Å². The van der Waals surface area contributed by atoms with E-state index in [2.05, 4.69) is 23.7 Å². The van der Waals surface area contributed by atoms with Gasteiger partial charge in [0.1, 0.15) is 12.4 Å². The van der Waals surface area contributed by atoms with Gasteiger partial charge in [-0.1, -0.05) is 44.2 Å². The highest BCUT2D eigenvalue weighted by atomic mass is 16.5. The van der Waals surface area contributed by atoms with Crippen LogP contribution in [-0.4, -0.2) is 46.7 Å². The van der Waals surface area contributed by atoms with Gasteiger partial charge in [-0.25, -0.2) is 4.79 Å². The zero-order valence-corrected chi connectivity index (χ0v) is 18.6. The van der Waals surface area contributed by atoms with E-state index in [4.69, 9.17) is 4.74 Å². The number of hydrogen-bond donors (Lipinski definition) is 0. The Morgan fingerprint density at radius 2 is 1.65 bits per heavy atom. The Kier molecular flexibility index (Phi) is 7.36. The summed E-state index contributed by atoms with van der Waals surface area (Å²) in [4.78, 5) is 31.4. The molecule has 1 aromatic heterocycles. The molecule has 0 amide bonds. The lowest BCUT2D eigenvalue weighted by Crippen LogP contribution is -2.27. The molecule has 3 rings (SSSR count). The predicted octanol–water partition coefficient (Wildman–Crippen LogP) is 4.01. The molecule has 6 nitrogen and oxygen atoms in total. The zero-order valence-electron chi connectivity index (χ0n) is 18.6. The molecular weight excluding hydrogens is 390 g/mol. The fraction of sp³-hybridized carbons (Fsp3) is 0.320. The number of carbonyl (C=O) groups is 1. The van der Waals surface area contributed by atoms with Gasteiger partial charge in [0, 0.05) is 17.9 Å². The van der Waals surface area contributed by atoms with Crippen LogP contribution in [0.25, 0.3) is 16.8 Å². The molecule has 162 valence electrons. The van der Waals surface area contributed by atoms with Gasteiger partial charge < -0.3 is 14.2 Å². The molecule has 0 radical (unpaired) electrons. The highest BCUT2D eigenvalue weighted by Crippen LogP contribution is 2.23. The molecule has 0 spiro atoms. The highest BCUT2D eigenvalue weighted by Gasteiger charge is 2.15. The summed E-state index contributed by atoms with van der Waals surface area (Å²) < 4.78 is 7.34. The van der Waals surface area contributed by atoms with Crippen molar-refractivity contribution in [2.45, 2.75) is 27.7 Å². The lowest BCUT2D eigenvalue weighted by Gasteiger charge is -2.18. The van der Waals surface area contributed by atoms with Gasteiger partial charge in [0.2, 0.25) is 0 Å². The second-order valence-corrected chi connectivity index (χ2v) is 7.34. The maximum absolute atomic E-state index is 12.6. The molecule has 3 aromatic rings. The summed E-state index contributed by atoms with van der Waals surface area (Å²) in [6, 6.07) is 16.7. The second-order valence-electron chi connectivity index (χ2n) is 7.34. The lowest BCUT2D eigenvalue weighted by molar-refractivity contribution is 0.0466. The van der Waals surface area contributed by atoms with Gasteiger partial charge in [0.05, 0.1) is 11.1 Å². The van der Waals surface area contributed by atoms with E-state index in [1.807, 2.05) is 54.0 Å². The number of esters is 1. The van der Waals surface area contributed by atoms with Crippen molar-refractivity contribution in [3.63, 3.8) is 0 Å². The van der Waals surface area contributed by atoms with Crippen molar-refractivity contribution in [2.24, 2.45) is 0 Å². The summed E-state index contributed by atoms with van der Waals surface area (Å²) in [7, 11) is 0. The van der Waals surface area contributed by atoms with E-state index in [0.717, 1.165) is 36.6 Å². The molecule has 0 unspecified atom stereocenters. The number of ether oxygens (including phenoxy) is 1. The van der Waals surface area contributed by atoms with Gasteiger partial charge >= 0.3 is 5.97 Å². The van der Waals surface area contributed by atoms with Crippen LogP contribution >= 0.6 is 0 Å². The Bertz CT molecular complexity index is 1090. The monoisotopic (exact) mass is 419 g/mol. The topological polar surface area (TPSA) is 64.4 Å². The van der Waals surface area contributed by atoms with Crippen LogP contribution in [0.2, 0.25) is 0 Å². The molecule has 0 fully saturated rings. The third kappa shape index (κ3) is 5.09. The molecule has 0 atom stereocenters. The number of rotatable bonds is 8. The fourth-order valence-corrected chi connectivity index (χ4v) is 3.72. The first-order chi connectivity index (χ1) is 15.0. The number of aryl methyl sites for hydroxylation is 1. The average Bonchev–Trinajstić information content (AvgIpc) is 2.77. The summed E-state index contributed by atoms with van der Waals surface area (Å²) in [5.41, 5.74) is 3.30. The number of nitrogens with zero attached hydrogens (tertiary/aromatic N) is 3. The molecular formula is C25H29N3O3. The van der Waals surface area contributed by atoms with Crippen LogP contribution in [0.1, 0.15) is 35.7 Å². The van der Waals surface area contributed by atoms with Crippen LogP contribution in [0.15, 0.2) is 59.4 Å². The molecule has 0 saturated heterocycles. The third-order valence-corrected chi connectivity index (χ3v) is 5.46. The number of likely N-dealkylation sites (N-methyl/N-ethyl adjacent to an activating group) is 1. The molecule has 0 bridgehead atoms. The van der Waals surface area contributed by atoms with E-state index in [9.17, 15) is 9.59 Å². The van der Waals surface area contributed by atoms with E-state index in [-0.39, 0.29) is 11.5 Å². The van der Waals surface area contributed by atoms with Crippen LogP contribution in [0.4, 0.5) is 0 Å². The van der Waals surface area contributed by atoms with Crippen LogP contribution in [-0.2, 0) is 4.74 Å². The first-order valence-electron chi connectivity index (χ1n) is 10.6. The third-order valence-electron chi connectivity index (χ3n) is 5.46. The quantitative estimate of drug-likeness (QED) is 0.516. The van der Waals surface area contributed by atoms with Crippen molar-refractivity contribution in [1.29, 1.82) is 0 Å². The Balaban J connectivity index is 1.84. The zero-order chi connectivity index (χ0) is 22.4. The number of hydrogen-bond acceptors (Lipinski definition) is 5. The Morgan fingerprint density at radius 3 is 2.26 bits per heavy atom. The first-order valence-corrected chi connectivity index (χ1v) is 10.6. The van der Waals surface area contributed by atoms with E-state index in [0.29, 0.717) is 23.6 Å². The van der Waals surface area contributed by atoms with E-state index in [1.54, 1.807) is 19.1 Å². The SMILES string of the molecule is CCN(CC)CCOC(=O)c1ccc(-n2c(C)nc(=O)c(-c3ccccc3)c2C)cc1. The molecule has 0 aliphatic carbocycles. The molecule has 31 heavy (non-hydrogen) atoms. The molecule has 0 aliphatic rings. The second kappa shape index (κ2) is 10.2. The number of carbonyl (C=O) groups excluding carboxylic acids is 1. The van der Waals surface area contributed by atoms with Crippen LogP contribution in [0.3, 0.4) is 0 Å². The van der Waals surface area contributed by atoms with Crippen molar-refractivity contribution in [1.82, 2.24) is 14.5 Å². The van der Waals surface area contributed by atoms with Gasteiger partial charge in [-0.2, -0.15) is 4.98 Å². The van der Waals surface area contributed by atoms with Crippen molar-refractivity contribution in [2.75, 3.05) is 26.2 Å². The summed E-state index contributed by atoms with van der Waals surface area (Å²) in [6.07, 6.45) is 0. The smallest absolute Gasteiger partial charge is 0.338 e.